The number of amides is 2. The van der Waals surface area contributed by atoms with Crippen molar-refractivity contribution in [3.05, 3.63) is 72.3 Å². The Morgan fingerprint density at radius 1 is 0.694 bits per heavy atom. The van der Waals surface area contributed by atoms with Crippen LogP contribution in [0.1, 0.15) is 11.6 Å². The van der Waals surface area contributed by atoms with Crippen molar-refractivity contribution in [2.24, 2.45) is 5.92 Å². The second-order valence-corrected chi connectivity index (χ2v) is 8.32. The topological polar surface area (TPSA) is 86.8 Å². The number of carbonyl (C=O) groups is 2. The van der Waals surface area contributed by atoms with Gasteiger partial charge in [-0.15, -0.1) is 0 Å². The zero-order valence-electron chi connectivity index (χ0n) is 20.3. The van der Waals surface area contributed by atoms with Gasteiger partial charge in [-0.2, -0.15) is 0 Å². The number of hydrogen-bond acceptors (Lipinski definition) is 8. The third-order valence-corrected chi connectivity index (χ3v) is 6.51. The van der Waals surface area contributed by atoms with E-state index >= 15 is 0 Å². The van der Waals surface area contributed by atoms with Crippen LogP contribution in [0.15, 0.2) is 66.7 Å². The summed E-state index contributed by atoms with van der Waals surface area (Å²) in [7, 11) is 6.16. The van der Waals surface area contributed by atoms with Crippen molar-refractivity contribution in [1.82, 2.24) is 0 Å². The molecule has 0 unspecified atom stereocenters. The highest BCUT2D eigenvalue weighted by Gasteiger charge is 2.61. The van der Waals surface area contributed by atoms with Crippen molar-refractivity contribution in [3.63, 3.8) is 0 Å². The molecular weight excluding hydrogens is 464 g/mol. The van der Waals surface area contributed by atoms with Gasteiger partial charge in [-0.1, -0.05) is 18.2 Å². The first kappa shape index (κ1) is 23.5. The molecule has 0 N–H and O–H groups in total. The average Bonchev–Trinajstić information content (AvgIpc) is 3.43. The molecule has 0 aliphatic carbocycles. The Morgan fingerprint density at radius 2 is 1.33 bits per heavy atom. The van der Waals surface area contributed by atoms with Crippen LogP contribution in [-0.2, 0) is 14.4 Å². The lowest BCUT2D eigenvalue weighted by atomic mass is 9.89. The molecule has 2 amide bonds. The van der Waals surface area contributed by atoms with Crippen molar-refractivity contribution in [2.75, 3.05) is 38.4 Å². The molecule has 186 valence electrons. The third-order valence-electron chi connectivity index (χ3n) is 6.51. The maximum absolute atomic E-state index is 13.9. The van der Waals surface area contributed by atoms with Gasteiger partial charge in [0.1, 0.15) is 23.5 Å². The summed E-state index contributed by atoms with van der Waals surface area (Å²) in [6.45, 7) is 0. The van der Waals surface area contributed by atoms with Gasteiger partial charge in [0.05, 0.1) is 39.8 Å². The zero-order valence-corrected chi connectivity index (χ0v) is 20.3. The number of benzene rings is 3. The van der Waals surface area contributed by atoms with Crippen molar-refractivity contribution >= 4 is 23.2 Å². The number of para-hydroxylation sites is 1. The summed E-state index contributed by atoms with van der Waals surface area (Å²) >= 11 is 0. The average molecular weight is 491 g/mol. The summed E-state index contributed by atoms with van der Waals surface area (Å²) < 4.78 is 21.9. The van der Waals surface area contributed by atoms with E-state index in [1.54, 1.807) is 48.6 Å². The van der Waals surface area contributed by atoms with E-state index in [2.05, 4.69) is 0 Å². The number of hydroxylamine groups is 1. The van der Waals surface area contributed by atoms with Crippen LogP contribution in [0, 0.1) is 5.92 Å². The molecule has 36 heavy (non-hydrogen) atoms. The largest absolute Gasteiger partial charge is 0.497 e. The number of nitrogens with zero attached hydrogens (tertiary/aromatic N) is 2. The Balaban J connectivity index is 1.63. The molecule has 9 nitrogen and oxygen atoms in total. The van der Waals surface area contributed by atoms with Gasteiger partial charge in [-0.3, -0.25) is 14.4 Å². The fourth-order valence-electron chi connectivity index (χ4n) is 4.80. The molecule has 2 aliphatic rings. The van der Waals surface area contributed by atoms with E-state index in [4.69, 9.17) is 23.8 Å². The number of rotatable bonds is 7. The molecule has 3 aromatic carbocycles. The molecule has 5 rings (SSSR count). The van der Waals surface area contributed by atoms with Crippen LogP contribution < -0.4 is 28.9 Å². The quantitative estimate of drug-likeness (QED) is 0.463. The highest BCUT2D eigenvalue weighted by molar-refractivity contribution is 6.24. The maximum atomic E-state index is 13.9. The number of imide groups is 1. The smallest absolute Gasteiger partial charge is 0.266 e. The predicted molar refractivity (Wildman–Crippen MR) is 132 cm³/mol. The van der Waals surface area contributed by atoms with E-state index in [0.717, 1.165) is 0 Å². The molecular formula is C27H26N2O7. The van der Waals surface area contributed by atoms with E-state index < -0.39 is 24.0 Å². The standard InChI is InChI=1S/C27H26N2O7/c1-32-18-12-10-16(11-13-18)28-26(30)23-24(19-14-21(34-3)22(35-4)15-20(19)33-2)29(36-25(23)27(28)31)17-8-6-5-7-9-17/h5-15,23-25H,1-4H3/t23-,24-,25+/m0/s1. The van der Waals surface area contributed by atoms with Gasteiger partial charge in [0.25, 0.3) is 5.91 Å². The van der Waals surface area contributed by atoms with Crippen LogP contribution in [0.5, 0.6) is 23.0 Å². The molecule has 0 aromatic heterocycles. The van der Waals surface area contributed by atoms with E-state index in [1.807, 2.05) is 30.3 Å². The van der Waals surface area contributed by atoms with Gasteiger partial charge in [0.2, 0.25) is 5.91 Å². The first-order chi connectivity index (χ1) is 17.5. The molecule has 2 saturated heterocycles. The SMILES string of the molecule is COc1ccc(N2C(=O)[C@@H]3[C@@H](ON(c4ccccc4)[C@H]3c3cc(OC)c(OC)cc3OC)C2=O)cc1. The zero-order chi connectivity index (χ0) is 25.4. The van der Waals surface area contributed by atoms with Crippen LogP contribution in [0.4, 0.5) is 11.4 Å². The fraction of sp³-hybridized carbons (Fsp3) is 0.259. The Bertz CT molecular complexity index is 1280. The van der Waals surface area contributed by atoms with Gasteiger partial charge >= 0.3 is 0 Å². The third kappa shape index (κ3) is 3.68. The number of ether oxygens (including phenoxy) is 4. The van der Waals surface area contributed by atoms with Crippen molar-refractivity contribution in [2.45, 2.75) is 12.1 Å². The molecule has 0 spiro atoms. The van der Waals surface area contributed by atoms with Crippen LogP contribution in [0.25, 0.3) is 0 Å². The number of anilines is 2. The number of fused-ring (bicyclic) bond motifs is 1. The Labute approximate surface area is 208 Å². The fourth-order valence-corrected chi connectivity index (χ4v) is 4.80. The summed E-state index contributed by atoms with van der Waals surface area (Å²) in [5.41, 5.74) is 1.78. The minimum Gasteiger partial charge on any atom is -0.497 e. The Hall–Kier alpha value is -4.24. The highest BCUT2D eigenvalue weighted by atomic mass is 16.7. The lowest BCUT2D eigenvalue weighted by molar-refractivity contribution is -0.126. The second kappa shape index (κ2) is 9.43. The minimum atomic E-state index is -1.01. The van der Waals surface area contributed by atoms with Crippen LogP contribution in [-0.4, -0.2) is 46.4 Å². The monoisotopic (exact) mass is 490 g/mol. The highest BCUT2D eigenvalue weighted by Crippen LogP contribution is 2.51. The van der Waals surface area contributed by atoms with Gasteiger partial charge in [-0.05, 0) is 42.5 Å². The van der Waals surface area contributed by atoms with Crippen LogP contribution >= 0.6 is 0 Å². The molecule has 2 heterocycles. The van der Waals surface area contributed by atoms with Gasteiger partial charge in [0.15, 0.2) is 17.6 Å². The summed E-state index contributed by atoms with van der Waals surface area (Å²) in [4.78, 5) is 34.8. The van der Waals surface area contributed by atoms with Crippen molar-refractivity contribution < 1.29 is 33.4 Å². The predicted octanol–water partition coefficient (Wildman–Crippen LogP) is 3.77. The van der Waals surface area contributed by atoms with Crippen LogP contribution in [0.3, 0.4) is 0 Å². The lowest BCUT2D eigenvalue weighted by Crippen LogP contribution is -2.37. The first-order valence-corrected chi connectivity index (χ1v) is 11.3. The molecule has 0 saturated carbocycles. The van der Waals surface area contributed by atoms with Gasteiger partial charge < -0.3 is 18.9 Å². The number of methoxy groups -OCH3 is 4. The molecule has 0 radical (unpaired) electrons. The summed E-state index contributed by atoms with van der Waals surface area (Å²) in [6, 6.07) is 18.9. The lowest BCUT2D eigenvalue weighted by Gasteiger charge is -2.30. The molecule has 9 heteroatoms. The summed E-state index contributed by atoms with van der Waals surface area (Å²) in [5.74, 6) is 0.422. The van der Waals surface area contributed by atoms with Crippen molar-refractivity contribution in [1.29, 1.82) is 0 Å². The maximum Gasteiger partial charge on any atom is 0.266 e. The summed E-state index contributed by atoms with van der Waals surface area (Å²) in [6.07, 6.45) is -1.01. The Morgan fingerprint density at radius 3 is 1.94 bits per heavy atom. The van der Waals surface area contributed by atoms with E-state index in [9.17, 15) is 9.59 Å². The number of hydrogen-bond donors (Lipinski definition) is 0. The molecule has 3 atom stereocenters. The van der Waals surface area contributed by atoms with E-state index in [-0.39, 0.29) is 5.91 Å². The normalized spacial score (nSPS) is 20.9. The van der Waals surface area contributed by atoms with Gasteiger partial charge in [-0.25, -0.2) is 9.96 Å². The molecule has 2 fully saturated rings. The summed E-state index contributed by atoms with van der Waals surface area (Å²) in [5, 5.41) is 1.61. The van der Waals surface area contributed by atoms with Crippen molar-refractivity contribution in [3.8, 4) is 23.0 Å². The second-order valence-electron chi connectivity index (χ2n) is 8.32. The van der Waals surface area contributed by atoms with Gasteiger partial charge in [0, 0.05) is 11.6 Å². The molecule has 3 aromatic rings. The Kier molecular flexibility index (Phi) is 6.15. The van der Waals surface area contributed by atoms with E-state index in [1.165, 1.54) is 26.2 Å². The number of carbonyl (C=O) groups excluding carboxylic acids is 2. The molecule has 0 bridgehead atoms. The van der Waals surface area contributed by atoms with Crippen LogP contribution in [0.2, 0.25) is 0 Å². The minimum absolute atomic E-state index is 0.365. The van der Waals surface area contributed by atoms with E-state index in [0.29, 0.717) is 39.9 Å². The first-order valence-electron chi connectivity index (χ1n) is 11.3. The molecule has 2 aliphatic heterocycles.